The highest BCUT2D eigenvalue weighted by Gasteiger charge is 2.46. The Morgan fingerprint density at radius 2 is 1.35 bits per heavy atom. The maximum Gasteiger partial charge on any atom is 0.420 e. The van der Waals surface area contributed by atoms with E-state index < -0.39 is 52.0 Å². The van der Waals surface area contributed by atoms with Gasteiger partial charge in [0.2, 0.25) is 0 Å². The van der Waals surface area contributed by atoms with Gasteiger partial charge >= 0.3 is 18.3 Å². The zero-order valence-electron chi connectivity index (χ0n) is 9.78. The second-order valence-electron chi connectivity index (χ2n) is 3.88. The summed E-state index contributed by atoms with van der Waals surface area (Å²) in [4.78, 5) is 10.9. The third-order valence-corrected chi connectivity index (χ3v) is 2.62. The molecule has 112 valence electrons. The van der Waals surface area contributed by atoms with Crippen LogP contribution in [-0.4, -0.2) is 11.1 Å². The van der Waals surface area contributed by atoms with Gasteiger partial charge in [-0.05, 0) is 12.5 Å². The van der Waals surface area contributed by atoms with Crippen LogP contribution in [0.4, 0.5) is 37.7 Å². The molecule has 0 aliphatic rings. The van der Waals surface area contributed by atoms with Crippen LogP contribution >= 0.6 is 0 Å². The Bertz CT molecular complexity index is 577. The molecule has 0 amide bonds. The number of halogens is 6. The van der Waals surface area contributed by atoms with E-state index in [2.05, 4.69) is 0 Å². The molecular weight excluding hydrogens is 294 g/mol. The summed E-state index contributed by atoms with van der Waals surface area (Å²) in [6, 6.07) is 0. The van der Waals surface area contributed by atoms with Crippen molar-refractivity contribution in [2.24, 2.45) is 0 Å². The van der Waals surface area contributed by atoms with Crippen molar-refractivity contribution in [1.29, 1.82) is 0 Å². The first-order valence-corrected chi connectivity index (χ1v) is 4.89. The standard InChI is InChI=1S/C10H8F6N2O2/c1-2-3(8(19)20)4(9(11,12)13)7(18)5(6(2)17)10(14,15)16/h17-18H2,1H3,(H,19,20). The summed E-state index contributed by atoms with van der Waals surface area (Å²) >= 11 is 0. The molecule has 0 saturated heterocycles. The lowest BCUT2D eigenvalue weighted by Gasteiger charge is -2.22. The smallest absolute Gasteiger partial charge is 0.420 e. The van der Waals surface area contributed by atoms with E-state index in [1.54, 1.807) is 0 Å². The van der Waals surface area contributed by atoms with E-state index in [1.165, 1.54) is 0 Å². The quantitative estimate of drug-likeness (QED) is 0.549. The average Bonchev–Trinajstić information content (AvgIpc) is 2.18. The normalized spacial score (nSPS) is 12.6. The van der Waals surface area contributed by atoms with Gasteiger partial charge in [-0.25, -0.2) is 4.79 Å². The Morgan fingerprint density at radius 3 is 1.65 bits per heavy atom. The maximum absolute atomic E-state index is 12.8. The number of alkyl halides is 6. The summed E-state index contributed by atoms with van der Waals surface area (Å²) in [5.74, 6) is -2.07. The summed E-state index contributed by atoms with van der Waals surface area (Å²) in [7, 11) is 0. The van der Waals surface area contributed by atoms with Crippen LogP contribution in [0.2, 0.25) is 0 Å². The summed E-state index contributed by atoms with van der Waals surface area (Å²) in [6.07, 6.45) is -10.6. The maximum atomic E-state index is 12.8. The Morgan fingerprint density at radius 1 is 0.950 bits per heavy atom. The van der Waals surface area contributed by atoms with Gasteiger partial charge in [0.25, 0.3) is 0 Å². The van der Waals surface area contributed by atoms with Gasteiger partial charge in [-0.3, -0.25) is 0 Å². The van der Waals surface area contributed by atoms with Crippen LogP contribution in [0.15, 0.2) is 0 Å². The predicted octanol–water partition coefficient (Wildman–Crippen LogP) is 2.90. The van der Waals surface area contributed by atoms with Crippen molar-refractivity contribution >= 4 is 17.3 Å². The second kappa shape index (κ2) is 4.46. The molecule has 0 aromatic heterocycles. The van der Waals surface area contributed by atoms with Crippen LogP contribution in [0, 0.1) is 6.92 Å². The first-order chi connectivity index (χ1) is 8.80. The molecule has 0 saturated carbocycles. The van der Waals surface area contributed by atoms with Crippen LogP contribution in [0.3, 0.4) is 0 Å². The molecule has 0 spiro atoms. The second-order valence-corrected chi connectivity index (χ2v) is 3.88. The summed E-state index contributed by atoms with van der Waals surface area (Å²) in [5, 5.41) is 8.76. The van der Waals surface area contributed by atoms with Gasteiger partial charge in [0.15, 0.2) is 0 Å². The summed E-state index contributed by atoms with van der Waals surface area (Å²) in [6.45, 7) is 0.753. The van der Waals surface area contributed by atoms with Gasteiger partial charge < -0.3 is 16.6 Å². The zero-order valence-corrected chi connectivity index (χ0v) is 9.78. The molecule has 1 aromatic rings. The topological polar surface area (TPSA) is 89.3 Å². The van der Waals surface area contributed by atoms with E-state index in [-0.39, 0.29) is 0 Å². The number of rotatable bonds is 1. The number of benzene rings is 1. The fourth-order valence-corrected chi connectivity index (χ4v) is 1.78. The number of anilines is 2. The SMILES string of the molecule is Cc1c(N)c(C(F)(F)F)c(N)c(C(F)(F)F)c1C(=O)O. The van der Waals surface area contributed by atoms with Crippen molar-refractivity contribution in [3.63, 3.8) is 0 Å². The molecule has 1 rings (SSSR count). The van der Waals surface area contributed by atoms with Crippen LogP contribution in [0.1, 0.15) is 27.0 Å². The molecule has 20 heavy (non-hydrogen) atoms. The van der Waals surface area contributed by atoms with Crippen LogP contribution in [0.5, 0.6) is 0 Å². The van der Waals surface area contributed by atoms with Crippen molar-refractivity contribution in [3.05, 3.63) is 22.3 Å². The number of nitrogen functional groups attached to an aromatic ring is 2. The number of aromatic carboxylic acids is 1. The zero-order chi connectivity index (χ0) is 16.0. The lowest BCUT2D eigenvalue weighted by atomic mass is 9.93. The van der Waals surface area contributed by atoms with E-state index >= 15 is 0 Å². The number of hydrogen-bond acceptors (Lipinski definition) is 3. The Balaban J connectivity index is 4.00. The number of carbonyl (C=O) groups is 1. The monoisotopic (exact) mass is 302 g/mol. The molecule has 0 fully saturated rings. The minimum Gasteiger partial charge on any atom is -0.478 e. The molecule has 4 nitrogen and oxygen atoms in total. The molecule has 0 aliphatic carbocycles. The third-order valence-electron chi connectivity index (χ3n) is 2.62. The molecule has 0 radical (unpaired) electrons. The minimum absolute atomic E-state index is 0.753. The van der Waals surface area contributed by atoms with Crippen LogP contribution < -0.4 is 11.5 Å². The molecule has 0 heterocycles. The van der Waals surface area contributed by atoms with Gasteiger partial charge in [-0.1, -0.05) is 0 Å². The molecular formula is C10H8F6N2O2. The van der Waals surface area contributed by atoms with E-state index in [0.717, 1.165) is 6.92 Å². The summed E-state index contributed by atoms with van der Waals surface area (Å²) in [5.41, 5.74) is 0.923. The molecule has 10 heteroatoms. The lowest BCUT2D eigenvalue weighted by Crippen LogP contribution is -2.23. The van der Waals surface area contributed by atoms with Crippen molar-refractivity contribution in [2.45, 2.75) is 19.3 Å². The fourth-order valence-electron chi connectivity index (χ4n) is 1.78. The molecule has 1 aromatic carbocycles. The number of carboxylic acids is 1. The van der Waals surface area contributed by atoms with Crippen molar-refractivity contribution in [2.75, 3.05) is 11.5 Å². The molecule has 0 unspecified atom stereocenters. The van der Waals surface area contributed by atoms with Crippen molar-refractivity contribution in [1.82, 2.24) is 0 Å². The van der Waals surface area contributed by atoms with Crippen LogP contribution in [0.25, 0.3) is 0 Å². The summed E-state index contributed by atoms with van der Waals surface area (Å²) < 4.78 is 76.5. The predicted molar refractivity (Wildman–Crippen MR) is 57.0 cm³/mol. The first-order valence-electron chi connectivity index (χ1n) is 4.89. The van der Waals surface area contributed by atoms with Gasteiger partial charge in [0.1, 0.15) is 5.56 Å². The highest BCUT2D eigenvalue weighted by Crippen LogP contribution is 2.47. The Hall–Kier alpha value is -2.13. The first kappa shape index (κ1) is 15.9. The van der Waals surface area contributed by atoms with Gasteiger partial charge in [-0.15, -0.1) is 0 Å². The minimum atomic E-state index is -5.36. The Labute approximate surface area is 108 Å². The molecule has 5 N–H and O–H groups in total. The van der Waals surface area contributed by atoms with E-state index in [0.29, 0.717) is 0 Å². The largest absolute Gasteiger partial charge is 0.478 e. The molecule has 0 aliphatic heterocycles. The molecule has 0 bridgehead atoms. The third kappa shape index (κ3) is 2.45. The van der Waals surface area contributed by atoms with Gasteiger partial charge in [0, 0.05) is 5.69 Å². The van der Waals surface area contributed by atoms with E-state index in [1.807, 2.05) is 0 Å². The highest BCUT2D eigenvalue weighted by molar-refractivity contribution is 5.96. The van der Waals surface area contributed by atoms with E-state index in [4.69, 9.17) is 16.6 Å². The lowest BCUT2D eigenvalue weighted by molar-refractivity contribution is -0.141. The molecule has 0 atom stereocenters. The highest BCUT2D eigenvalue weighted by atomic mass is 19.4. The van der Waals surface area contributed by atoms with Crippen molar-refractivity contribution < 1.29 is 36.2 Å². The average molecular weight is 302 g/mol. The number of hydrogen-bond donors (Lipinski definition) is 3. The number of carboxylic acid groups (broad SMARTS) is 1. The van der Waals surface area contributed by atoms with Crippen LogP contribution in [-0.2, 0) is 12.4 Å². The van der Waals surface area contributed by atoms with Gasteiger partial charge in [0.05, 0.1) is 16.8 Å². The van der Waals surface area contributed by atoms with E-state index in [9.17, 15) is 31.1 Å². The Kier molecular flexibility index (Phi) is 3.55. The number of nitrogens with two attached hydrogens (primary N) is 2. The van der Waals surface area contributed by atoms with Gasteiger partial charge in [-0.2, -0.15) is 26.3 Å². The fraction of sp³-hybridized carbons (Fsp3) is 0.300. The van der Waals surface area contributed by atoms with Crippen molar-refractivity contribution in [3.8, 4) is 0 Å².